The van der Waals surface area contributed by atoms with E-state index < -0.39 is 6.23 Å². The van der Waals surface area contributed by atoms with Gasteiger partial charge in [-0.15, -0.1) is 0 Å². The summed E-state index contributed by atoms with van der Waals surface area (Å²) in [5.41, 5.74) is 2.94. The summed E-state index contributed by atoms with van der Waals surface area (Å²) in [6.45, 7) is 5.13. The molecule has 2 unspecified atom stereocenters. The van der Waals surface area contributed by atoms with E-state index in [0.29, 0.717) is 32.0 Å². The first-order valence-corrected chi connectivity index (χ1v) is 8.87. The first-order valence-electron chi connectivity index (χ1n) is 8.87. The number of rotatable bonds is 5. The Morgan fingerprint density at radius 1 is 1.52 bits per heavy atom. The lowest BCUT2D eigenvalue weighted by molar-refractivity contribution is -0.116. The molecule has 2 aromatic rings. The Bertz CT molecular complexity index is 922. The summed E-state index contributed by atoms with van der Waals surface area (Å²) >= 11 is 0. The van der Waals surface area contributed by atoms with Crippen LogP contribution in [0, 0.1) is 0 Å². The van der Waals surface area contributed by atoms with Crippen LogP contribution in [0.5, 0.6) is 5.75 Å². The number of H-pyrrole nitrogens is 1. The van der Waals surface area contributed by atoms with Gasteiger partial charge in [-0.05, 0) is 29.8 Å². The smallest absolute Gasteiger partial charge is 0.322 e. The summed E-state index contributed by atoms with van der Waals surface area (Å²) in [7, 11) is 1.62. The number of fused-ring (bicyclic) bond motifs is 6. The summed E-state index contributed by atoms with van der Waals surface area (Å²) in [4.78, 5) is 29.9. The van der Waals surface area contributed by atoms with Gasteiger partial charge in [-0.1, -0.05) is 6.58 Å². The third kappa shape index (κ3) is 2.91. The molecule has 27 heavy (non-hydrogen) atoms. The molecule has 8 heteroatoms. The van der Waals surface area contributed by atoms with Crippen molar-refractivity contribution in [3.63, 3.8) is 0 Å². The van der Waals surface area contributed by atoms with Crippen LogP contribution in [0.2, 0.25) is 0 Å². The number of carbonyl (C=O) groups excluding carboxylic acids is 2. The first kappa shape index (κ1) is 17.4. The van der Waals surface area contributed by atoms with E-state index in [1.807, 2.05) is 18.2 Å². The van der Waals surface area contributed by atoms with E-state index in [1.165, 1.54) is 11.0 Å². The number of amides is 3. The summed E-state index contributed by atoms with van der Waals surface area (Å²) in [6.07, 6.45) is 0.365. The van der Waals surface area contributed by atoms with Crippen LogP contribution in [-0.4, -0.2) is 64.8 Å². The van der Waals surface area contributed by atoms with Gasteiger partial charge in [0.1, 0.15) is 18.6 Å². The number of nitrogens with one attached hydrogen (secondary N) is 2. The van der Waals surface area contributed by atoms with Crippen LogP contribution in [0.15, 0.2) is 30.9 Å². The van der Waals surface area contributed by atoms with Crippen molar-refractivity contribution in [2.75, 3.05) is 26.7 Å². The molecule has 2 bridgehead atoms. The molecule has 1 aromatic carbocycles. The number of carbonyl (C=O) groups is 2. The zero-order valence-corrected chi connectivity index (χ0v) is 15.1. The molecule has 3 N–H and O–H groups in total. The van der Waals surface area contributed by atoms with Crippen LogP contribution in [0.25, 0.3) is 10.9 Å². The van der Waals surface area contributed by atoms with Crippen LogP contribution in [0.3, 0.4) is 0 Å². The topological polar surface area (TPSA) is 97.9 Å². The average Bonchev–Trinajstić information content (AvgIpc) is 3.05. The summed E-state index contributed by atoms with van der Waals surface area (Å²) in [5, 5.41) is 14.2. The third-order valence-corrected chi connectivity index (χ3v) is 5.21. The van der Waals surface area contributed by atoms with E-state index in [1.54, 1.807) is 11.9 Å². The molecule has 1 saturated heterocycles. The number of benzene rings is 1. The predicted octanol–water partition coefficient (Wildman–Crippen LogP) is 1.13. The minimum Gasteiger partial charge on any atom is -0.492 e. The van der Waals surface area contributed by atoms with Gasteiger partial charge in [-0.3, -0.25) is 4.79 Å². The number of aliphatic hydroxyl groups is 1. The summed E-state index contributed by atoms with van der Waals surface area (Å²) < 4.78 is 5.74. The number of aliphatic hydroxyl groups excluding tert-OH is 1. The molecule has 2 atom stereocenters. The lowest BCUT2D eigenvalue weighted by Gasteiger charge is -2.45. The van der Waals surface area contributed by atoms with Gasteiger partial charge in [0.15, 0.2) is 0 Å². The van der Waals surface area contributed by atoms with Gasteiger partial charge in [0.05, 0.1) is 13.1 Å². The largest absolute Gasteiger partial charge is 0.492 e. The monoisotopic (exact) mass is 370 g/mol. The van der Waals surface area contributed by atoms with Crippen molar-refractivity contribution >= 4 is 22.8 Å². The summed E-state index contributed by atoms with van der Waals surface area (Å²) in [5.74, 6) is 0.282. The molecule has 3 amide bonds. The molecular formula is C19H22N4O4. The maximum atomic E-state index is 12.3. The van der Waals surface area contributed by atoms with Crippen molar-refractivity contribution in [1.29, 1.82) is 0 Å². The molecule has 3 heterocycles. The maximum absolute atomic E-state index is 12.3. The normalized spacial score (nSPS) is 21.2. The lowest BCUT2D eigenvalue weighted by Crippen LogP contribution is -2.58. The highest BCUT2D eigenvalue weighted by molar-refractivity contribution is 5.88. The zero-order valence-electron chi connectivity index (χ0n) is 15.1. The average molecular weight is 370 g/mol. The Balaban J connectivity index is 1.59. The SMILES string of the molecule is C=CC(=O)NCCOc1ccc2[nH]c3c(c2c1)C1CN(C3)C(=O)N(C)C1O. The van der Waals surface area contributed by atoms with Crippen molar-refractivity contribution in [3.8, 4) is 5.75 Å². The molecule has 0 radical (unpaired) electrons. The number of nitrogens with zero attached hydrogens (tertiary/aromatic N) is 2. The van der Waals surface area contributed by atoms with E-state index >= 15 is 0 Å². The minimum atomic E-state index is -0.856. The van der Waals surface area contributed by atoms with Crippen LogP contribution in [0.1, 0.15) is 17.2 Å². The fourth-order valence-electron chi connectivity index (χ4n) is 3.88. The fourth-order valence-corrected chi connectivity index (χ4v) is 3.88. The van der Waals surface area contributed by atoms with Gasteiger partial charge >= 0.3 is 6.03 Å². The van der Waals surface area contributed by atoms with Gasteiger partial charge in [0.2, 0.25) is 5.91 Å². The molecular weight excluding hydrogens is 348 g/mol. The van der Waals surface area contributed by atoms with Crippen molar-refractivity contribution in [1.82, 2.24) is 20.1 Å². The van der Waals surface area contributed by atoms with Crippen molar-refractivity contribution in [2.45, 2.75) is 18.7 Å². The Hall–Kier alpha value is -3.00. The van der Waals surface area contributed by atoms with Gasteiger partial charge in [0, 0.05) is 36.1 Å². The van der Waals surface area contributed by atoms with E-state index in [-0.39, 0.29) is 17.9 Å². The lowest BCUT2D eigenvalue weighted by atomic mass is 9.88. The highest BCUT2D eigenvalue weighted by atomic mass is 16.5. The van der Waals surface area contributed by atoms with Gasteiger partial charge in [-0.2, -0.15) is 0 Å². The second kappa shape index (κ2) is 6.62. The van der Waals surface area contributed by atoms with Crippen molar-refractivity contribution in [2.24, 2.45) is 0 Å². The van der Waals surface area contributed by atoms with Crippen LogP contribution >= 0.6 is 0 Å². The molecule has 0 aliphatic carbocycles. The van der Waals surface area contributed by atoms with Crippen molar-refractivity contribution < 1.29 is 19.4 Å². The summed E-state index contributed by atoms with van der Waals surface area (Å²) in [6, 6.07) is 5.58. The number of aromatic nitrogens is 1. The molecule has 0 saturated carbocycles. The number of aromatic amines is 1. The highest BCUT2D eigenvalue weighted by Gasteiger charge is 2.43. The van der Waals surface area contributed by atoms with E-state index in [2.05, 4.69) is 16.9 Å². The van der Waals surface area contributed by atoms with Crippen LogP contribution in [-0.2, 0) is 11.3 Å². The quantitative estimate of drug-likeness (QED) is 0.543. The molecule has 4 rings (SSSR count). The van der Waals surface area contributed by atoms with Gasteiger partial charge < -0.3 is 29.9 Å². The predicted molar refractivity (Wildman–Crippen MR) is 99.3 cm³/mol. The number of likely N-dealkylation sites (N-methyl/N-ethyl adjacent to an activating group) is 1. The molecule has 2 aliphatic rings. The van der Waals surface area contributed by atoms with Crippen LogP contribution in [0.4, 0.5) is 4.79 Å². The fraction of sp³-hybridized carbons (Fsp3) is 0.368. The standard InChI is InChI=1S/C19H22N4O4/c1-3-16(24)20-6-7-27-11-4-5-14-12(8-11)17-13-9-23(10-15(17)21-14)19(26)22(2)18(13)25/h3-5,8,13,18,21,25H,1,6-7,9-10H2,2H3,(H,20,24). The first-order chi connectivity index (χ1) is 13.0. The molecule has 0 spiro atoms. The molecule has 8 nitrogen and oxygen atoms in total. The van der Waals surface area contributed by atoms with Crippen LogP contribution < -0.4 is 10.1 Å². The second-order valence-corrected chi connectivity index (χ2v) is 6.86. The van der Waals surface area contributed by atoms with Crippen molar-refractivity contribution in [3.05, 3.63) is 42.1 Å². The van der Waals surface area contributed by atoms with E-state index in [4.69, 9.17) is 4.74 Å². The number of urea groups is 1. The van der Waals surface area contributed by atoms with Gasteiger partial charge in [0.25, 0.3) is 0 Å². The Kier molecular flexibility index (Phi) is 4.27. The Morgan fingerprint density at radius 3 is 3.11 bits per heavy atom. The Morgan fingerprint density at radius 2 is 2.33 bits per heavy atom. The number of ether oxygens (including phenoxy) is 1. The minimum absolute atomic E-state index is 0.159. The Labute approximate surface area is 156 Å². The maximum Gasteiger partial charge on any atom is 0.322 e. The zero-order chi connectivity index (χ0) is 19.1. The molecule has 1 aromatic heterocycles. The number of hydrogen-bond acceptors (Lipinski definition) is 4. The highest BCUT2D eigenvalue weighted by Crippen LogP contribution is 2.41. The van der Waals surface area contributed by atoms with Gasteiger partial charge in [-0.25, -0.2) is 4.79 Å². The number of hydrogen-bond donors (Lipinski definition) is 3. The second-order valence-electron chi connectivity index (χ2n) is 6.86. The molecule has 1 fully saturated rings. The third-order valence-electron chi connectivity index (χ3n) is 5.21. The van der Waals surface area contributed by atoms with E-state index in [9.17, 15) is 14.7 Å². The van der Waals surface area contributed by atoms with E-state index in [0.717, 1.165) is 22.2 Å². The molecule has 2 aliphatic heterocycles. The molecule has 142 valence electrons.